The van der Waals surface area contributed by atoms with E-state index in [1.165, 1.54) is 57.8 Å². The molecule has 0 N–H and O–H groups in total. The predicted octanol–water partition coefficient (Wildman–Crippen LogP) is 3.05. The first-order valence-electron chi connectivity index (χ1n) is 5.77. The largest absolute Gasteiger partial charge is 0.506 e. The van der Waals surface area contributed by atoms with Crippen LogP contribution < -0.4 is 0 Å². The van der Waals surface area contributed by atoms with Crippen molar-refractivity contribution < 1.29 is 4.70 Å². The molecule has 72 valence electrons. The molecule has 13 heavy (non-hydrogen) atoms. The smallest absolute Gasteiger partial charge is 0.151 e. The number of rotatable bonds is 0. The molecule has 3 aliphatic rings. The van der Waals surface area contributed by atoms with E-state index < -0.39 is 0 Å². The molecule has 3 rings (SSSR count). The van der Waals surface area contributed by atoms with Crippen molar-refractivity contribution in [2.45, 2.75) is 68.9 Å². The molecule has 3 heterocycles. The van der Waals surface area contributed by atoms with Gasteiger partial charge in [0.15, 0.2) is 11.1 Å². The Balaban J connectivity index is 2.07. The topological polar surface area (TPSA) is 25.3 Å². The van der Waals surface area contributed by atoms with Crippen molar-refractivity contribution in [1.29, 1.82) is 0 Å². The maximum Gasteiger partial charge on any atom is 0.151 e. The second-order valence-corrected chi connectivity index (χ2v) is 5.32. The second kappa shape index (κ2) is 2.34. The fourth-order valence-corrected chi connectivity index (χ4v) is 4.13. The van der Waals surface area contributed by atoms with Crippen molar-refractivity contribution in [2.24, 2.45) is 0 Å². The molecule has 2 nitrogen and oxygen atoms in total. The molecule has 0 spiro atoms. The third kappa shape index (κ3) is 0.844. The lowest BCUT2D eigenvalue weighted by atomic mass is 9.62. The van der Waals surface area contributed by atoms with E-state index in [1.54, 1.807) is 4.70 Å². The highest BCUT2D eigenvalue weighted by Crippen LogP contribution is 2.52. The van der Waals surface area contributed by atoms with Gasteiger partial charge in [-0.1, -0.05) is 0 Å². The van der Waals surface area contributed by atoms with Crippen LogP contribution in [0.2, 0.25) is 0 Å². The van der Waals surface area contributed by atoms with Crippen LogP contribution in [0, 0.1) is 0 Å². The highest BCUT2D eigenvalue weighted by atomic mass is 15.3. The Bertz CT molecular complexity index is 206. The van der Waals surface area contributed by atoms with Crippen LogP contribution in [0.3, 0.4) is 0 Å². The molecule has 0 aromatic heterocycles. The van der Waals surface area contributed by atoms with E-state index in [0.717, 1.165) is 0 Å². The van der Waals surface area contributed by atoms with E-state index in [2.05, 4.69) is 0 Å². The number of hydrogen-bond donors (Lipinski definition) is 0. The Labute approximate surface area is 79.8 Å². The average molecular weight is 178 g/mol. The molecule has 0 aromatic carbocycles. The van der Waals surface area contributed by atoms with Crippen molar-refractivity contribution in [3.63, 3.8) is 0 Å². The highest BCUT2D eigenvalue weighted by molar-refractivity contribution is 4.99. The molecular formula is C11H18N2. The SMILES string of the molecule is [N-]=[N+]1C23CCCC1(CCC2)CCC3. The first-order chi connectivity index (χ1) is 6.28. The molecule has 0 atom stereocenters. The molecule has 3 fully saturated rings. The van der Waals surface area contributed by atoms with Gasteiger partial charge in [-0.05, 0) is 19.3 Å². The quantitative estimate of drug-likeness (QED) is 0.509. The molecule has 0 aliphatic carbocycles. The van der Waals surface area contributed by atoms with E-state index in [4.69, 9.17) is 0 Å². The summed E-state index contributed by atoms with van der Waals surface area (Å²) in [6.07, 6.45) is 11.5. The standard InChI is InChI=1S/C11H18N2/c12-13-10-4-1-5-11(13,7-2-6-10)9-3-8-10/h1-9H2. The van der Waals surface area contributed by atoms with Gasteiger partial charge in [0.25, 0.3) is 0 Å². The second-order valence-electron chi connectivity index (χ2n) is 5.32. The minimum Gasteiger partial charge on any atom is -0.506 e. The molecular weight excluding hydrogens is 160 g/mol. The van der Waals surface area contributed by atoms with Gasteiger partial charge in [-0.2, -0.15) is 0 Å². The molecule has 0 aromatic rings. The van der Waals surface area contributed by atoms with Gasteiger partial charge in [-0.3, -0.25) is 0 Å². The lowest BCUT2D eigenvalue weighted by Crippen LogP contribution is -2.62. The van der Waals surface area contributed by atoms with Crippen LogP contribution in [-0.2, 0) is 0 Å². The van der Waals surface area contributed by atoms with Gasteiger partial charge in [-0.15, -0.1) is 0 Å². The van der Waals surface area contributed by atoms with Crippen molar-refractivity contribution in [2.75, 3.05) is 0 Å². The van der Waals surface area contributed by atoms with E-state index in [9.17, 15) is 5.53 Å². The van der Waals surface area contributed by atoms with E-state index in [-0.39, 0.29) is 11.1 Å². The van der Waals surface area contributed by atoms with Gasteiger partial charge in [-0.25, -0.2) is 0 Å². The van der Waals surface area contributed by atoms with Crippen molar-refractivity contribution >= 4 is 0 Å². The minimum atomic E-state index is 0.217. The summed E-state index contributed by atoms with van der Waals surface area (Å²) in [6.45, 7) is 0. The molecule has 0 radical (unpaired) electrons. The zero-order valence-corrected chi connectivity index (χ0v) is 8.26. The minimum absolute atomic E-state index is 0.217. The van der Waals surface area contributed by atoms with Gasteiger partial charge in [0.05, 0.1) is 0 Å². The lowest BCUT2D eigenvalue weighted by molar-refractivity contribution is -0.727. The van der Waals surface area contributed by atoms with E-state index >= 15 is 0 Å². The van der Waals surface area contributed by atoms with Crippen molar-refractivity contribution in [3.05, 3.63) is 5.53 Å². The Morgan fingerprint density at radius 2 is 1.00 bits per heavy atom. The molecule has 3 saturated heterocycles. The van der Waals surface area contributed by atoms with Gasteiger partial charge in [0.1, 0.15) is 0 Å². The summed E-state index contributed by atoms with van der Waals surface area (Å²) in [6, 6.07) is 0. The van der Waals surface area contributed by atoms with Crippen molar-refractivity contribution in [1.82, 2.24) is 0 Å². The summed E-state index contributed by atoms with van der Waals surface area (Å²) in [5.41, 5.74) is 10.7. The van der Waals surface area contributed by atoms with Crippen LogP contribution in [0.1, 0.15) is 57.8 Å². The molecule has 0 amide bonds. The van der Waals surface area contributed by atoms with E-state index in [1.807, 2.05) is 0 Å². The summed E-state index contributed by atoms with van der Waals surface area (Å²) in [7, 11) is 0. The summed E-state index contributed by atoms with van der Waals surface area (Å²) >= 11 is 0. The zero-order chi connectivity index (χ0) is 8.94. The third-order valence-corrected chi connectivity index (χ3v) is 4.75. The summed E-state index contributed by atoms with van der Waals surface area (Å²) < 4.78 is 1.80. The third-order valence-electron chi connectivity index (χ3n) is 4.75. The van der Waals surface area contributed by atoms with Gasteiger partial charge in [0.2, 0.25) is 0 Å². The van der Waals surface area contributed by atoms with E-state index in [0.29, 0.717) is 0 Å². The molecule has 0 saturated carbocycles. The zero-order valence-electron chi connectivity index (χ0n) is 8.26. The van der Waals surface area contributed by atoms with Crippen LogP contribution in [0.25, 0.3) is 5.53 Å². The van der Waals surface area contributed by atoms with Gasteiger partial charge < -0.3 is 10.2 Å². The Kier molecular flexibility index (Phi) is 1.43. The monoisotopic (exact) mass is 178 g/mol. The van der Waals surface area contributed by atoms with Crippen molar-refractivity contribution in [3.8, 4) is 0 Å². The summed E-state index contributed by atoms with van der Waals surface area (Å²) in [5.74, 6) is 0. The maximum atomic E-state index is 10.3. The average Bonchev–Trinajstić information content (AvgIpc) is 2.00. The fraction of sp³-hybridized carbons (Fsp3) is 1.00. The van der Waals surface area contributed by atoms with Crippen LogP contribution in [0.5, 0.6) is 0 Å². The normalized spacial score (nSPS) is 49.1. The van der Waals surface area contributed by atoms with Crippen LogP contribution in [0.15, 0.2) is 0 Å². The van der Waals surface area contributed by atoms with Gasteiger partial charge >= 0.3 is 0 Å². The first-order valence-corrected chi connectivity index (χ1v) is 5.77. The van der Waals surface area contributed by atoms with Crippen LogP contribution >= 0.6 is 0 Å². The predicted molar refractivity (Wildman–Crippen MR) is 50.6 cm³/mol. The molecule has 3 aliphatic heterocycles. The lowest BCUT2D eigenvalue weighted by Gasteiger charge is -2.55. The Morgan fingerprint density at radius 3 is 1.23 bits per heavy atom. The van der Waals surface area contributed by atoms with Crippen LogP contribution in [0.4, 0.5) is 0 Å². The summed E-state index contributed by atoms with van der Waals surface area (Å²) in [5, 5.41) is 0. The van der Waals surface area contributed by atoms with Gasteiger partial charge in [0, 0.05) is 38.5 Å². The molecule has 2 heteroatoms. The maximum absolute atomic E-state index is 10.3. The fourth-order valence-electron chi connectivity index (χ4n) is 4.13. The number of nitrogens with zero attached hydrogens (tertiary/aromatic N) is 2. The highest BCUT2D eigenvalue weighted by Gasteiger charge is 2.57. The Morgan fingerprint density at radius 1 is 0.692 bits per heavy atom. The summed E-state index contributed by atoms with van der Waals surface area (Å²) in [4.78, 5) is 0. The number of hydrogen-bond acceptors (Lipinski definition) is 0. The Hall–Kier alpha value is -0.400. The molecule has 0 unspecified atom stereocenters. The molecule has 2 bridgehead atoms. The first kappa shape index (κ1) is 7.95. The van der Waals surface area contributed by atoms with Crippen LogP contribution in [-0.4, -0.2) is 15.8 Å². The number of piperidine rings is 3.